The first kappa shape index (κ1) is 19.4. The summed E-state index contributed by atoms with van der Waals surface area (Å²) in [6, 6.07) is 12.0. The number of rotatable bonds is 4. The van der Waals surface area contributed by atoms with Crippen LogP contribution < -0.4 is 0 Å². The number of benzene rings is 2. The minimum atomic E-state index is -0.0700. The summed E-state index contributed by atoms with van der Waals surface area (Å²) in [7, 11) is 0. The molecule has 2 rings (SSSR count). The SMILES string of the molecule is CC(C)(C)c1cccc(CCCc2cccc(C(C)(C)C)c2O)c1O. The molecule has 0 spiro atoms. The summed E-state index contributed by atoms with van der Waals surface area (Å²) >= 11 is 0. The zero-order chi connectivity index (χ0) is 18.8. The van der Waals surface area contributed by atoms with Gasteiger partial charge in [-0.1, -0.05) is 77.9 Å². The zero-order valence-electron chi connectivity index (χ0n) is 16.5. The van der Waals surface area contributed by atoms with E-state index in [0.717, 1.165) is 41.5 Å². The van der Waals surface area contributed by atoms with Crippen LogP contribution in [0.1, 0.15) is 70.2 Å². The third-order valence-electron chi connectivity index (χ3n) is 4.75. The highest BCUT2D eigenvalue weighted by molar-refractivity contribution is 5.45. The lowest BCUT2D eigenvalue weighted by atomic mass is 9.84. The van der Waals surface area contributed by atoms with Crippen LogP contribution in [0.2, 0.25) is 0 Å². The van der Waals surface area contributed by atoms with Crippen LogP contribution in [0.25, 0.3) is 0 Å². The molecule has 0 bridgehead atoms. The Bertz CT molecular complexity index is 667. The number of hydrogen-bond donors (Lipinski definition) is 2. The van der Waals surface area contributed by atoms with Crippen LogP contribution in [0.5, 0.6) is 11.5 Å². The fourth-order valence-electron chi connectivity index (χ4n) is 3.27. The highest BCUT2D eigenvalue weighted by atomic mass is 16.3. The number of phenolic OH excluding ortho intramolecular Hbond substituents is 2. The Morgan fingerprint density at radius 1 is 0.640 bits per heavy atom. The van der Waals surface area contributed by atoms with Gasteiger partial charge in [-0.2, -0.15) is 0 Å². The predicted molar refractivity (Wildman–Crippen MR) is 106 cm³/mol. The van der Waals surface area contributed by atoms with Gasteiger partial charge in [0.2, 0.25) is 0 Å². The Balaban J connectivity index is 2.13. The first-order chi connectivity index (χ1) is 11.5. The van der Waals surface area contributed by atoms with Crippen LogP contribution in [-0.2, 0) is 23.7 Å². The quantitative estimate of drug-likeness (QED) is 0.731. The average Bonchev–Trinajstić information content (AvgIpc) is 2.48. The summed E-state index contributed by atoms with van der Waals surface area (Å²) in [5.41, 5.74) is 3.81. The van der Waals surface area contributed by atoms with E-state index >= 15 is 0 Å². The van der Waals surface area contributed by atoms with Crippen molar-refractivity contribution in [2.75, 3.05) is 0 Å². The molecule has 0 saturated carbocycles. The molecule has 136 valence electrons. The Labute approximate surface area is 152 Å². The lowest BCUT2D eigenvalue weighted by Crippen LogP contribution is -2.12. The Morgan fingerprint density at radius 2 is 1.00 bits per heavy atom. The van der Waals surface area contributed by atoms with E-state index < -0.39 is 0 Å². The van der Waals surface area contributed by atoms with Gasteiger partial charge in [-0.3, -0.25) is 0 Å². The van der Waals surface area contributed by atoms with Gasteiger partial charge in [0.15, 0.2) is 0 Å². The monoisotopic (exact) mass is 340 g/mol. The zero-order valence-corrected chi connectivity index (χ0v) is 16.5. The molecule has 2 aromatic carbocycles. The van der Waals surface area contributed by atoms with Crippen molar-refractivity contribution >= 4 is 0 Å². The average molecular weight is 341 g/mol. The van der Waals surface area contributed by atoms with Crippen molar-refractivity contribution in [1.29, 1.82) is 0 Å². The molecule has 2 aromatic rings. The van der Waals surface area contributed by atoms with Gasteiger partial charge in [-0.05, 0) is 52.3 Å². The number of phenols is 2. The van der Waals surface area contributed by atoms with Crippen molar-refractivity contribution in [2.45, 2.75) is 71.6 Å². The molecule has 0 saturated heterocycles. The van der Waals surface area contributed by atoms with Crippen LogP contribution in [0.4, 0.5) is 0 Å². The van der Waals surface area contributed by atoms with E-state index in [1.165, 1.54) is 0 Å². The van der Waals surface area contributed by atoms with Crippen LogP contribution in [-0.4, -0.2) is 10.2 Å². The summed E-state index contributed by atoms with van der Waals surface area (Å²) in [5.74, 6) is 0.838. The summed E-state index contributed by atoms with van der Waals surface area (Å²) in [4.78, 5) is 0. The van der Waals surface area contributed by atoms with E-state index in [1.807, 2.05) is 36.4 Å². The van der Waals surface area contributed by atoms with Gasteiger partial charge >= 0.3 is 0 Å². The largest absolute Gasteiger partial charge is 0.507 e. The molecular formula is C23H32O2. The second kappa shape index (κ2) is 7.11. The number of para-hydroxylation sites is 2. The molecular weight excluding hydrogens is 308 g/mol. The summed E-state index contributed by atoms with van der Waals surface area (Å²) < 4.78 is 0. The van der Waals surface area contributed by atoms with Crippen molar-refractivity contribution < 1.29 is 10.2 Å². The normalized spacial score (nSPS) is 12.4. The fraction of sp³-hybridized carbons (Fsp3) is 0.478. The van der Waals surface area contributed by atoms with Crippen molar-refractivity contribution in [3.8, 4) is 11.5 Å². The number of hydrogen-bond acceptors (Lipinski definition) is 2. The van der Waals surface area contributed by atoms with E-state index in [1.54, 1.807) is 0 Å². The van der Waals surface area contributed by atoms with Crippen molar-refractivity contribution in [3.05, 3.63) is 58.7 Å². The smallest absolute Gasteiger partial charge is 0.122 e. The third-order valence-corrected chi connectivity index (χ3v) is 4.75. The van der Waals surface area contributed by atoms with Gasteiger partial charge in [0.25, 0.3) is 0 Å². The van der Waals surface area contributed by atoms with Crippen LogP contribution in [0.15, 0.2) is 36.4 Å². The van der Waals surface area contributed by atoms with Gasteiger partial charge < -0.3 is 10.2 Å². The molecule has 2 nitrogen and oxygen atoms in total. The Kier molecular flexibility index (Phi) is 5.51. The molecule has 0 radical (unpaired) electrons. The molecule has 0 atom stereocenters. The van der Waals surface area contributed by atoms with Crippen LogP contribution >= 0.6 is 0 Å². The minimum Gasteiger partial charge on any atom is -0.507 e. The maximum absolute atomic E-state index is 10.6. The van der Waals surface area contributed by atoms with E-state index in [4.69, 9.17) is 0 Å². The first-order valence-electron chi connectivity index (χ1n) is 9.14. The minimum absolute atomic E-state index is 0.0700. The van der Waals surface area contributed by atoms with E-state index in [9.17, 15) is 10.2 Å². The molecule has 25 heavy (non-hydrogen) atoms. The summed E-state index contributed by atoms with van der Waals surface area (Å²) in [5, 5.41) is 21.2. The standard InChI is InChI=1S/C23H32O2/c1-22(2,3)18-14-8-12-16(20(18)24)10-7-11-17-13-9-15-19(21(17)25)23(4,5)6/h8-9,12-15,24-25H,7,10-11H2,1-6H3. The second-order valence-corrected chi connectivity index (χ2v) is 8.98. The third kappa shape index (κ3) is 4.56. The molecule has 0 aliphatic rings. The lowest BCUT2D eigenvalue weighted by Gasteiger charge is -2.22. The van der Waals surface area contributed by atoms with Crippen molar-refractivity contribution in [1.82, 2.24) is 0 Å². The van der Waals surface area contributed by atoms with Crippen molar-refractivity contribution in [2.24, 2.45) is 0 Å². The Hall–Kier alpha value is -1.96. The highest BCUT2D eigenvalue weighted by Gasteiger charge is 2.21. The van der Waals surface area contributed by atoms with Gasteiger partial charge in [0, 0.05) is 0 Å². The summed E-state index contributed by atoms with van der Waals surface area (Å²) in [6.07, 6.45) is 2.49. The predicted octanol–water partition coefficient (Wildman–Crippen LogP) is 5.87. The molecule has 0 aliphatic heterocycles. The topological polar surface area (TPSA) is 40.5 Å². The van der Waals surface area contributed by atoms with Gasteiger partial charge in [-0.25, -0.2) is 0 Å². The van der Waals surface area contributed by atoms with E-state index in [0.29, 0.717) is 11.5 Å². The highest BCUT2D eigenvalue weighted by Crippen LogP contribution is 2.35. The van der Waals surface area contributed by atoms with Gasteiger partial charge in [-0.15, -0.1) is 0 Å². The lowest BCUT2D eigenvalue weighted by molar-refractivity contribution is 0.436. The van der Waals surface area contributed by atoms with E-state index in [-0.39, 0.29) is 10.8 Å². The fourth-order valence-corrected chi connectivity index (χ4v) is 3.27. The number of aryl methyl sites for hydroxylation is 2. The molecule has 0 aromatic heterocycles. The van der Waals surface area contributed by atoms with Crippen molar-refractivity contribution in [3.63, 3.8) is 0 Å². The summed E-state index contributed by atoms with van der Waals surface area (Å²) in [6.45, 7) is 12.7. The molecule has 0 aliphatic carbocycles. The molecule has 0 heterocycles. The number of aromatic hydroxyl groups is 2. The molecule has 2 heteroatoms. The maximum Gasteiger partial charge on any atom is 0.122 e. The van der Waals surface area contributed by atoms with Crippen LogP contribution in [0, 0.1) is 0 Å². The van der Waals surface area contributed by atoms with Gasteiger partial charge in [0.05, 0.1) is 0 Å². The molecule has 0 amide bonds. The Morgan fingerprint density at radius 3 is 1.32 bits per heavy atom. The maximum atomic E-state index is 10.6. The molecule has 2 N–H and O–H groups in total. The second-order valence-electron chi connectivity index (χ2n) is 8.98. The first-order valence-corrected chi connectivity index (χ1v) is 9.14. The van der Waals surface area contributed by atoms with Crippen LogP contribution in [0.3, 0.4) is 0 Å². The molecule has 0 fully saturated rings. The van der Waals surface area contributed by atoms with Gasteiger partial charge in [0.1, 0.15) is 11.5 Å². The molecule has 0 unspecified atom stereocenters. The van der Waals surface area contributed by atoms with E-state index in [2.05, 4.69) is 41.5 Å².